The molecule has 4 aromatic rings. The normalized spacial score (nSPS) is 10.8. The maximum atomic E-state index is 12.5. The second-order valence-corrected chi connectivity index (χ2v) is 7.10. The minimum Gasteiger partial charge on any atom is -0.325 e. The molecule has 0 saturated carbocycles. The molecule has 1 aromatic carbocycles. The van der Waals surface area contributed by atoms with E-state index in [1.165, 1.54) is 11.8 Å². The van der Waals surface area contributed by atoms with Crippen molar-refractivity contribution < 1.29 is 4.79 Å². The Kier molecular flexibility index (Phi) is 5.62. The number of para-hydroxylation sites is 1. The van der Waals surface area contributed by atoms with E-state index in [1.54, 1.807) is 30.7 Å². The van der Waals surface area contributed by atoms with Gasteiger partial charge in [0.15, 0.2) is 11.0 Å². The first kappa shape index (κ1) is 18.8. The van der Waals surface area contributed by atoms with Gasteiger partial charge in [-0.15, -0.1) is 16.8 Å². The second-order valence-electron chi connectivity index (χ2n) is 6.16. The van der Waals surface area contributed by atoms with Crippen LogP contribution in [0, 0.1) is 0 Å². The maximum Gasteiger partial charge on any atom is 0.234 e. The molecule has 7 nitrogen and oxygen atoms in total. The number of fused-ring (bicyclic) bond motifs is 1. The van der Waals surface area contributed by atoms with Crippen molar-refractivity contribution in [2.24, 2.45) is 0 Å². The van der Waals surface area contributed by atoms with Crippen LogP contribution >= 0.6 is 11.8 Å². The average molecular weight is 402 g/mol. The molecular formula is C21H18N6OS. The number of carbonyl (C=O) groups excluding carboxylic acids is 1. The number of nitrogens with zero attached hydrogens (tertiary/aromatic N) is 5. The molecule has 0 spiro atoms. The van der Waals surface area contributed by atoms with Crippen molar-refractivity contribution in [3.8, 4) is 11.4 Å². The molecule has 0 saturated heterocycles. The summed E-state index contributed by atoms with van der Waals surface area (Å²) in [4.78, 5) is 21.0. The zero-order valence-corrected chi connectivity index (χ0v) is 16.3. The third kappa shape index (κ3) is 4.17. The molecule has 0 unspecified atom stereocenters. The number of benzene rings is 1. The number of carbonyl (C=O) groups is 1. The van der Waals surface area contributed by atoms with Crippen molar-refractivity contribution in [3.05, 3.63) is 73.7 Å². The Balaban J connectivity index is 1.49. The van der Waals surface area contributed by atoms with E-state index in [4.69, 9.17) is 0 Å². The van der Waals surface area contributed by atoms with Gasteiger partial charge in [0.2, 0.25) is 5.91 Å². The molecule has 3 heterocycles. The minimum atomic E-state index is -0.123. The highest BCUT2D eigenvalue weighted by Gasteiger charge is 2.15. The van der Waals surface area contributed by atoms with Crippen molar-refractivity contribution in [1.29, 1.82) is 0 Å². The Morgan fingerprint density at radius 3 is 2.86 bits per heavy atom. The lowest BCUT2D eigenvalue weighted by Crippen LogP contribution is -2.15. The number of aromatic nitrogens is 5. The van der Waals surface area contributed by atoms with E-state index < -0.39 is 0 Å². The molecule has 0 fully saturated rings. The van der Waals surface area contributed by atoms with Gasteiger partial charge in [-0.2, -0.15) is 0 Å². The minimum absolute atomic E-state index is 0.123. The summed E-state index contributed by atoms with van der Waals surface area (Å²) in [5.74, 6) is 0.780. The topological polar surface area (TPSA) is 85.6 Å². The van der Waals surface area contributed by atoms with Gasteiger partial charge in [-0.1, -0.05) is 36.0 Å². The van der Waals surface area contributed by atoms with Crippen LogP contribution in [0.3, 0.4) is 0 Å². The SMILES string of the molecule is C=CCn1c(SCC(=O)Nc2ccnc3ccccc23)nnc1-c1cccnc1. The summed E-state index contributed by atoms with van der Waals surface area (Å²) in [5, 5.41) is 13.0. The summed E-state index contributed by atoms with van der Waals surface area (Å²) in [7, 11) is 0. The summed E-state index contributed by atoms with van der Waals surface area (Å²) in [6.07, 6.45) is 6.91. The summed E-state index contributed by atoms with van der Waals surface area (Å²) < 4.78 is 1.92. The van der Waals surface area contributed by atoms with Crippen molar-refractivity contribution in [1.82, 2.24) is 24.7 Å². The Morgan fingerprint density at radius 1 is 1.14 bits per heavy atom. The molecule has 8 heteroatoms. The van der Waals surface area contributed by atoms with Gasteiger partial charge in [-0.25, -0.2) is 0 Å². The second kappa shape index (κ2) is 8.66. The number of thioether (sulfide) groups is 1. The smallest absolute Gasteiger partial charge is 0.234 e. The number of hydrogen-bond donors (Lipinski definition) is 1. The molecule has 0 atom stereocenters. The van der Waals surface area contributed by atoms with Crippen LogP contribution in [0.15, 0.2) is 78.9 Å². The molecular weight excluding hydrogens is 384 g/mol. The van der Waals surface area contributed by atoms with Gasteiger partial charge in [-0.05, 0) is 24.3 Å². The molecule has 1 N–H and O–H groups in total. The van der Waals surface area contributed by atoms with Crippen LogP contribution in [0.1, 0.15) is 0 Å². The zero-order chi connectivity index (χ0) is 20.1. The van der Waals surface area contributed by atoms with Crippen LogP contribution in [-0.4, -0.2) is 36.4 Å². The zero-order valence-electron chi connectivity index (χ0n) is 15.5. The van der Waals surface area contributed by atoms with Crippen molar-refractivity contribution in [2.75, 3.05) is 11.1 Å². The molecule has 0 bridgehead atoms. The lowest BCUT2D eigenvalue weighted by Gasteiger charge is -2.09. The van der Waals surface area contributed by atoms with Crippen LogP contribution in [-0.2, 0) is 11.3 Å². The predicted octanol–water partition coefficient (Wildman–Crippen LogP) is 3.81. The largest absolute Gasteiger partial charge is 0.325 e. The fourth-order valence-corrected chi connectivity index (χ4v) is 3.67. The molecule has 3 aromatic heterocycles. The monoisotopic (exact) mass is 402 g/mol. The lowest BCUT2D eigenvalue weighted by molar-refractivity contribution is -0.113. The van der Waals surface area contributed by atoms with E-state index in [0.29, 0.717) is 17.5 Å². The van der Waals surface area contributed by atoms with Crippen molar-refractivity contribution >= 4 is 34.3 Å². The first-order chi connectivity index (χ1) is 14.3. The molecule has 29 heavy (non-hydrogen) atoms. The maximum absolute atomic E-state index is 12.5. The van der Waals surface area contributed by atoms with Crippen LogP contribution in [0.5, 0.6) is 0 Å². The molecule has 0 radical (unpaired) electrons. The highest BCUT2D eigenvalue weighted by atomic mass is 32.2. The number of pyridine rings is 2. The summed E-state index contributed by atoms with van der Waals surface area (Å²) >= 11 is 1.33. The summed E-state index contributed by atoms with van der Waals surface area (Å²) in [5.41, 5.74) is 2.44. The van der Waals surface area contributed by atoms with Gasteiger partial charge in [0.05, 0.1) is 17.0 Å². The molecule has 0 aliphatic rings. The van der Waals surface area contributed by atoms with Crippen LogP contribution in [0.25, 0.3) is 22.3 Å². The standard InChI is InChI=1S/C21H18N6OS/c1-2-12-27-20(15-6-5-10-22-13-15)25-26-21(27)29-14-19(28)24-18-9-11-23-17-8-4-3-7-16(17)18/h2-11,13H,1,12,14H2,(H,23,24,28). The van der Waals surface area contributed by atoms with E-state index in [-0.39, 0.29) is 11.7 Å². The Hall–Kier alpha value is -3.52. The fraction of sp³-hybridized carbons (Fsp3) is 0.0952. The first-order valence-corrected chi connectivity index (χ1v) is 9.95. The first-order valence-electron chi connectivity index (χ1n) is 8.97. The Labute approximate surface area is 171 Å². The molecule has 0 aliphatic heterocycles. The number of allylic oxidation sites excluding steroid dienone is 1. The third-order valence-electron chi connectivity index (χ3n) is 4.20. The van der Waals surface area contributed by atoms with Crippen LogP contribution < -0.4 is 5.32 Å². The Morgan fingerprint density at radius 2 is 2.03 bits per heavy atom. The van der Waals surface area contributed by atoms with Gasteiger partial charge in [0, 0.05) is 36.1 Å². The fourth-order valence-electron chi connectivity index (χ4n) is 2.92. The summed E-state index contributed by atoms with van der Waals surface area (Å²) in [6, 6.07) is 13.3. The molecule has 0 aliphatic carbocycles. The quantitative estimate of drug-likeness (QED) is 0.374. The van der Waals surface area contributed by atoms with E-state index in [2.05, 4.69) is 32.1 Å². The average Bonchev–Trinajstić information content (AvgIpc) is 3.16. The van der Waals surface area contributed by atoms with E-state index in [9.17, 15) is 4.79 Å². The van der Waals surface area contributed by atoms with Crippen molar-refractivity contribution in [2.45, 2.75) is 11.7 Å². The molecule has 1 amide bonds. The van der Waals surface area contributed by atoms with Crippen LogP contribution in [0.2, 0.25) is 0 Å². The van der Waals surface area contributed by atoms with Gasteiger partial charge >= 0.3 is 0 Å². The highest BCUT2D eigenvalue weighted by Crippen LogP contribution is 2.25. The Bertz CT molecular complexity index is 1150. The van der Waals surface area contributed by atoms with E-state index in [1.807, 2.05) is 41.0 Å². The van der Waals surface area contributed by atoms with Gasteiger partial charge in [0.25, 0.3) is 0 Å². The van der Waals surface area contributed by atoms with Crippen molar-refractivity contribution in [3.63, 3.8) is 0 Å². The lowest BCUT2D eigenvalue weighted by atomic mass is 10.2. The van der Waals surface area contributed by atoms with Crippen LogP contribution in [0.4, 0.5) is 5.69 Å². The predicted molar refractivity (Wildman–Crippen MR) is 115 cm³/mol. The number of rotatable bonds is 7. The summed E-state index contributed by atoms with van der Waals surface area (Å²) in [6.45, 7) is 4.34. The number of hydrogen-bond acceptors (Lipinski definition) is 6. The van der Waals surface area contributed by atoms with E-state index >= 15 is 0 Å². The number of amides is 1. The number of nitrogens with one attached hydrogen (secondary N) is 1. The molecule has 144 valence electrons. The third-order valence-corrected chi connectivity index (χ3v) is 5.17. The van der Waals surface area contributed by atoms with Gasteiger partial charge < -0.3 is 5.32 Å². The van der Waals surface area contributed by atoms with E-state index in [0.717, 1.165) is 22.2 Å². The van der Waals surface area contributed by atoms with Gasteiger partial charge in [-0.3, -0.25) is 19.3 Å². The number of anilines is 1. The van der Waals surface area contributed by atoms with Gasteiger partial charge in [0.1, 0.15) is 0 Å². The highest BCUT2D eigenvalue weighted by molar-refractivity contribution is 7.99. The molecule has 4 rings (SSSR count).